The fourth-order valence-corrected chi connectivity index (χ4v) is 1.69. The van der Waals surface area contributed by atoms with Gasteiger partial charge in [0.15, 0.2) is 0 Å². The lowest BCUT2D eigenvalue weighted by molar-refractivity contribution is 0.585. The molecule has 2 nitrogen and oxygen atoms in total. The number of hydrogen-bond acceptors (Lipinski definition) is 1. The second kappa shape index (κ2) is 5.80. The predicted molar refractivity (Wildman–Crippen MR) is 73.8 cm³/mol. The molecule has 98 valence electrons. The Morgan fingerprint density at radius 2 is 1.79 bits per heavy atom. The zero-order chi connectivity index (χ0) is 13.8. The summed E-state index contributed by atoms with van der Waals surface area (Å²) in [4.78, 5) is 4.06. The number of hydrogen-bond donors (Lipinski definition) is 1. The fraction of sp³-hybridized carbons (Fsp3) is 0.0714. The van der Waals surface area contributed by atoms with Crippen molar-refractivity contribution in [3.63, 3.8) is 0 Å². The van der Waals surface area contributed by atoms with Crippen LogP contribution in [-0.2, 0) is 0 Å². The first-order valence-electron chi connectivity index (χ1n) is 5.54. The second-order valence-corrected chi connectivity index (χ2v) is 4.18. The molecule has 0 aliphatic heterocycles. The maximum absolute atomic E-state index is 13.6. The van der Waals surface area contributed by atoms with Gasteiger partial charge in [-0.2, -0.15) is 0 Å². The first kappa shape index (κ1) is 13.5. The molecule has 19 heavy (non-hydrogen) atoms. The molecule has 0 heterocycles. The maximum atomic E-state index is 13.6. The van der Waals surface area contributed by atoms with Crippen molar-refractivity contribution in [2.45, 2.75) is 0 Å². The highest BCUT2D eigenvalue weighted by Gasteiger charge is 2.06. The van der Waals surface area contributed by atoms with E-state index in [2.05, 4.69) is 4.99 Å². The molecule has 0 spiro atoms. The van der Waals surface area contributed by atoms with E-state index in [4.69, 9.17) is 17.3 Å². The van der Waals surface area contributed by atoms with E-state index in [0.717, 1.165) is 6.07 Å². The number of nitrogens with two attached hydrogens (primary N) is 1. The molecule has 0 bridgehead atoms. The number of aliphatic imine (C=N–C) groups is 1. The van der Waals surface area contributed by atoms with Gasteiger partial charge in [-0.15, -0.1) is 11.6 Å². The minimum Gasteiger partial charge on any atom is -0.386 e. The molecular weight excluding hydrogens is 270 g/mol. The topological polar surface area (TPSA) is 38.4 Å². The highest BCUT2D eigenvalue weighted by molar-refractivity contribution is 6.28. The number of nitrogens with zero attached hydrogens (tertiary/aromatic N) is 1. The molecule has 0 radical (unpaired) electrons. The molecule has 0 fully saturated rings. The lowest BCUT2D eigenvalue weighted by atomic mass is 10.0. The lowest BCUT2D eigenvalue weighted by Crippen LogP contribution is -2.12. The molecule has 0 amide bonds. The van der Waals surface area contributed by atoms with Crippen molar-refractivity contribution in [2.75, 3.05) is 5.88 Å². The molecule has 2 N–H and O–H groups in total. The van der Waals surface area contributed by atoms with Gasteiger partial charge in [-0.25, -0.2) is 13.8 Å². The Kier molecular flexibility index (Phi) is 4.12. The fourth-order valence-electron chi connectivity index (χ4n) is 1.63. The predicted octanol–water partition coefficient (Wildman–Crippen LogP) is 3.86. The molecule has 0 aliphatic carbocycles. The van der Waals surface area contributed by atoms with E-state index < -0.39 is 11.6 Å². The third-order valence-corrected chi connectivity index (χ3v) is 2.79. The smallest absolute Gasteiger partial charge is 0.133 e. The van der Waals surface area contributed by atoms with Gasteiger partial charge >= 0.3 is 0 Å². The van der Waals surface area contributed by atoms with Crippen molar-refractivity contribution in [3.05, 3.63) is 54.1 Å². The van der Waals surface area contributed by atoms with Crippen LogP contribution >= 0.6 is 11.6 Å². The van der Waals surface area contributed by atoms with Crippen LogP contribution in [0.3, 0.4) is 0 Å². The Morgan fingerprint density at radius 3 is 2.37 bits per heavy atom. The molecule has 0 aromatic heterocycles. The third-order valence-electron chi connectivity index (χ3n) is 2.52. The van der Waals surface area contributed by atoms with Gasteiger partial charge in [0.2, 0.25) is 0 Å². The van der Waals surface area contributed by atoms with Gasteiger partial charge in [0.1, 0.15) is 17.5 Å². The summed E-state index contributed by atoms with van der Waals surface area (Å²) in [6.07, 6.45) is 0. The zero-order valence-electron chi connectivity index (χ0n) is 9.91. The Labute approximate surface area is 114 Å². The minimum absolute atomic E-state index is 0.147. The molecule has 2 rings (SSSR count). The molecule has 0 unspecified atom stereocenters. The van der Waals surface area contributed by atoms with Crippen LogP contribution in [0.2, 0.25) is 0 Å². The first-order chi connectivity index (χ1) is 9.10. The van der Waals surface area contributed by atoms with E-state index in [1.54, 1.807) is 24.3 Å². The summed E-state index contributed by atoms with van der Waals surface area (Å²) >= 11 is 5.52. The van der Waals surface area contributed by atoms with Crippen LogP contribution in [0.15, 0.2) is 47.5 Å². The number of halogens is 3. The van der Waals surface area contributed by atoms with Gasteiger partial charge < -0.3 is 5.73 Å². The van der Waals surface area contributed by atoms with Gasteiger partial charge in [0.05, 0.1) is 11.6 Å². The van der Waals surface area contributed by atoms with Crippen LogP contribution < -0.4 is 5.73 Å². The number of amidine groups is 1. The van der Waals surface area contributed by atoms with Crippen LogP contribution in [0.25, 0.3) is 11.1 Å². The molecule has 0 aliphatic rings. The average molecular weight is 281 g/mol. The van der Waals surface area contributed by atoms with Gasteiger partial charge in [0.25, 0.3) is 0 Å². The summed E-state index contributed by atoms with van der Waals surface area (Å²) in [6, 6.07) is 10.2. The van der Waals surface area contributed by atoms with E-state index in [1.165, 1.54) is 12.1 Å². The van der Waals surface area contributed by atoms with Gasteiger partial charge in [-0.05, 0) is 29.8 Å². The minimum atomic E-state index is -0.600. The largest absolute Gasteiger partial charge is 0.386 e. The van der Waals surface area contributed by atoms with Crippen LogP contribution in [0.5, 0.6) is 0 Å². The van der Waals surface area contributed by atoms with E-state index in [9.17, 15) is 8.78 Å². The van der Waals surface area contributed by atoms with Crippen molar-refractivity contribution in [1.82, 2.24) is 0 Å². The highest BCUT2D eigenvalue weighted by atomic mass is 35.5. The zero-order valence-corrected chi connectivity index (χ0v) is 10.7. The molecule has 0 saturated carbocycles. The van der Waals surface area contributed by atoms with E-state index >= 15 is 0 Å². The Hall–Kier alpha value is -1.94. The Balaban J connectivity index is 2.32. The number of alkyl halides is 1. The third kappa shape index (κ3) is 3.29. The van der Waals surface area contributed by atoms with Crippen LogP contribution in [0, 0.1) is 11.6 Å². The van der Waals surface area contributed by atoms with Gasteiger partial charge in [0, 0.05) is 11.6 Å². The molecular formula is C14H11ClF2N2. The van der Waals surface area contributed by atoms with Crippen molar-refractivity contribution in [2.24, 2.45) is 10.7 Å². The Bertz CT molecular complexity index is 609. The summed E-state index contributed by atoms with van der Waals surface area (Å²) < 4.78 is 26.4. The SMILES string of the molecule is NC(CCl)=Nc1ccc(-c2ccc(F)cc2F)cc1. The summed E-state index contributed by atoms with van der Waals surface area (Å²) in [5.74, 6) is -0.745. The highest BCUT2D eigenvalue weighted by Crippen LogP contribution is 2.25. The molecule has 0 atom stereocenters. The summed E-state index contributed by atoms with van der Waals surface area (Å²) in [5.41, 5.74) is 7.12. The quantitative estimate of drug-likeness (QED) is 0.517. The second-order valence-electron chi connectivity index (χ2n) is 3.91. The monoisotopic (exact) mass is 280 g/mol. The van der Waals surface area contributed by atoms with Crippen molar-refractivity contribution in [1.29, 1.82) is 0 Å². The molecule has 0 saturated heterocycles. The van der Waals surface area contributed by atoms with Crippen molar-refractivity contribution >= 4 is 23.1 Å². The van der Waals surface area contributed by atoms with E-state index in [0.29, 0.717) is 22.6 Å². The van der Waals surface area contributed by atoms with Crippen molar-refractivity contribution < 1.29 is 8.78 Å². The van der Waals surface area contributed by atoms with Crippen molar-refractivity contribution in [3.8, 4) is 11.1 Å². The van der Waals surface area contributed by atoms with Gasteiger partial charge in [-0.1, -0.05) is 12.1 Å². The normalized spacial score (nSPS) is 11.6. The average Bonchev–Trinajstić information content (AvgIpc) is 2.40. The van der Waals surface area contributed by atoms with Crippen LogP contribution in [-0.4, -0.2) is 11.7 Å². The summed E-state index contributed by atoms with van der Waals surface area (Å²) in [5, 5.41) is 0. The van der Waals surface area contributed by atoms with E-state index in [1.807, 2.05) is 0 Å². The van der Waals surface area contributed by atoms with Crippen LogP contribution in [0.4, 0.5) is 14.5 Å². The number of rotatable bonds is 3. The summed E-state index contributed by atoms with van der Waals surface area (Å²) in [7, 11) is 0. The molecule has 2 aromatic rings. The Morgan fingerprint density at radius 1 is 1.11 bits per heavy atom. The standard InChI is InChI=1S/C14H11ClF2N2/c15-8-14(18)19-11-4-1-9(2-5-11)12-6-3-10(16)7-13(12)17/h1-7H,8H2,(H2,18,19). The number of benzene rings is 2. The van der Waals surface area contributed by atoms with Crippen LogP contribution in [0.1, 0.15) is 0 Å². The molecule has 2 aromatic carbocycles. The van der Waals surface area contributed by atoms with Gasteiger partial charge in [-0.3, -0.25) is 0 Å². The maximum Gasteiger partial charge on any atom is 0.133 e. The first-order valence-corrected chi connectivity index (χ1v) is 6.08. The lowest BCUT2D eigenvalue weighted by Gasteiger charge is -2.04. The summed E-state index contributed by atoms with van der Waals surface area (Å²) in [6.45, 7) is 0. The van der Waals surface area contributed by atoms with E-state index in [-0.39, 0.29) is 5.88 Å². The molecule has 5 heteroatoms.